The zero-order valence-electron chi connectivity index (χ0n) is 17.0. The number of rotatable bonds is 4. The molecule has 6 heteroatoms. The largest absolute Gasteiger partial charge is 0.380 e. The van der Waals surface area contributed by atoms with E-state index in [1.807, 2.05) is 62.4 Å². The van der Waals surface area contributed by atoms with Crippen LogP contribution in [0.2, 0.25) is 0 Å². The minimum absolute atomic E-state index is 0.271. The Kier molecular flexibility index (Phi) is 8.95. The molecule has 0 unspecified atom stereocenters. The van der Waals surface area contributed by atoms with Crippen LogP contribution in [0.25, 0.3) is 16.9 Å². The Morgan fingerprint density at radius 3 is 2.34 bits per heavy atom. The second-order valence-electron chi connectivity index (χ2n) is 5.81. The summed E-state index contributed by atoms with van der Waals surface area (Å²) >= 11 is 0. The summed E-state index contributed by atoms with van der Waals surface area (Å²) in [4.78, 5) is 8.63. The summed E-state index contributed by atoms with van der Waals surface area (Å²) in [7, 11) is 1.70. The van der Waals surface area contributed by atoms with E-state index in [-0.39, 0.29) is 12.4 Å². The zero-order valence-corrected chi connectivity index (χ0v) is 17.0. The van der Waals surface area contributed by atoms with Crippen molar-refractivity contribution in [2.45, 2.75) is 27.0 Å². The summed E-state index contributed by atoms with van der Waals surface area (Å²) in [5.41, 5.74) is 8.29. The molecule has 0 spiro atoms. The average Bonchev–Trinajstić information content (AvgIpc) is 3.15. The number of ether oxygens (including phenoxy) is 1. The van der Waals surface area contributed by atoms with Crippen molar-refractivity contribution >= 4 is 11.0 Å². The third-order valence-electron chi connectivity index (χ3n) is 3.90. The van der Waals surface area contributed by atoms with Gasteiger partial charge >= 0.3 is 0 Å². The molecule has 0 aliphatic heterocycles. The standard InChI is InChI=1S/C13H11FN4.C8H10O.C2H6/c14-9-4-5-10-11(7-9)18(13(8-15)17-10)12-3-1-2-6-16-12;1-9-7-8-5-3-2-4-6-8;1-2/h1-7H,8,15H2;2-6H,7H2,1H3;1-2H3. The Bertz CT molecular complexity index is 988. The van der Waals surface area contributed by atoms with Crippen LogP contribution in [0.4, 0.5) is 4.39 Å². The van der Waals surface area contributed by atoms with Crippen molar-refractivity contribution in [1.29, 1.82) is 0 Å². The van der Waals surface area contributed by atoms with E-state index in [1.54, 1.807) is 23.9 Å². The van der Waals surface area contributed by atoms with Gasteiger partial charge in [0.25, 0.3) is 0 Å². The Morgan fingerprint density at radius 1 is 1.00 bits per heavy atom. The first kappa shape index (κ1) is 22.2. The van der Waals surface area contributed by atoms with Gasteiger partial charge in [-0.15, -0.1) is 0 Å². The highest BCUT2D eigenvalue weighted by Crippen LogP contribution is 2.21. The fraction of sp³-hybridized carbons (Fsp3) is 0.217. The fourth-order valence-corrected chi connectivity index (χ4v) is 2.72. The molecule has 2 N–H and O–H groups in total. The molecule has 0 saturated carbocycles. The molecule has 0 aliphatic carbocycles. The van der Waals surface area contributed by atoms with Gasteiger partial charge in [-0.05, 0) is 29.8 Å². The van der Waals surface area contributed by atoms with Crippen molar-refractivity contribution in [3.05, 3.63) is 90.1 Å². The number of nitrogens with zero attached hydrogens (tertiary/aromatic N) is 3. The molecule has 0 radical (unpaired) electrons. The molecule has 4 aromatic rings. The molecule has 2 aromatic carbocycles. The molecule has 152 valence electrons. The van der Waals surface area contributed by atoms with Crippen molar-refractivity contribution in [3.8, 4) is 5.82 Å². The molecule has 0 fully saturated rings. The number of hydrogen-bond donors (Lipinski definition) is 1. The molecule has 4 rings (SSSR count). The lowest BCUT2D eigenvalue weighted by molar-refractivity contribution is 0.185. The first-order valence-electron chi connectivity index (χ1n) is 9.54. The first-order chi connectivity index (χ1) is 14.2. The van der Waals surface area contributed by atoms with E-state index in [0.717, 1.165) is 0 Å². The van der Waals surface area contributed by atoms with Gasteiger partial charge in [0.1, 0.15) is 17.5 Å². The molecule has 0 amide bonds. The third-order valence-corrected chi connectivity index (χ3v) is 3.90. The number of imidazole rings is 1. The molecular weight excluding hydrogens is 367 g/mol. The van der Waals surface area contributed by atoms with Gasteiger partial charge in [-0.25, -0.2) is 14.4 Å². The summed E-state index contributed by atoms with van der Waals surface area (Å²) in [6.07, 6.45) is 1.68. The van der Waals surface area contributed by atoms with E-state index in [4.69, 9.17) is 10.5 Å². The van der Waals surface area contributed by atoms with Gasteiger partial charge in [-0.2, -0.15) is 0 Å². The van der Waals surface area contributed by atoms with Crippen LogP contribution in [0.3, 0.4) is 0 Å². The van der Waals surface area contributed by atoms with Gasteiger partial charge in [0, 0.05) is 19.4 Å². The Morgan fingerprint density at radius 2 is 1.72 bits per heavy atom. The van der Waals surface area contributed by atoms with Crippen molar-refractivity contribution in [2.75, 3.05) is 7.11 Å². The average molecular weight is 394 g/mol. The molecule has 0 saturated heterocycles. The second-order valence-corrected chi connectivity index (χ2v) is 5.81. The van der Waals surface area contributed by atoms with Crippen LogP contribution < -0.4 is 5.73 Å². The van der Waals surface area contributed by atoms with Crippen LogP contribution in [0.1, 0.15) is 25.2 Å². The molecule has 2 aromatic heterocycles. The molecule has 0 aliphatic rings. The van der Waals surface area contributed by atoms with Crippen LogP contribution in [0.15, 0.2) is 72.9 Å². The molecule has 0 atom stereocenters. The molecule has 0 bridgehead atoms. The lowest BCUT2D eigenvalue weighted by atomic mass is 10.2. The number of nitrogens with two attached hydrogens (primary N) is 1. The Labute approximate surface area is 171 Å². The molecule has 5 nitrogen and oxygen atoms in total. The van der Waals surface area contributed by atoms with E-state index < -0.39 is 0 Å². The van der Waals surface area contributed by atoms with Crippen molar-refractivity contribution in [2.24, 2.45) is 5.73 Å². The summed E-state index contributed by atoms with van der Waals surface area (Å²) in [5.74, 6) is 1.04. The van der Waals surface area contributed by atoms with Crippen molar-refractivity contribution < 1.29 is 9.13 Å². The number of benzene rings is 2. The summed E-state index contributed by atoms with van der Waals surface area (Å²) in [6.45, 7) is 4.98. The predicted octanol–water partition coefficient (Wildman–Crippen LogP) is 4.88. The normalized spacial score (nSPS) is 9.97. The van der Waals surface area contributed by atoms with Gasteiger partial charge in [0.2, 0.25) is 0 Å². The van der Waals surface area contributed by atoms with Crippen LogP contribution in [-0.4, -0.2) is 21.6 Å². The van der Waals surface area contributed by atoms with Gasteiger partial charge in [-0.3, -0.25) is 4.57 Å². The van der Waals surface area contributed by atoms with E-state index in [0.29, 0.717) is 29.3 Å². The molecule has 2 heterocycles. The number of methoxy groups -OCH3 is 1. The summed E-state index contributed by atoms with van der Waals surface area (Å²) < 4.78 is 20.1. The minimum Gasteiger partial charge on any atom is -0.380 e. The maximum absolute atomic E-state index is 13.4. The molecular formula is C23H27FN4O. The minimum atomic E-state index is -0.303. The van der Waals surface area contributed by atoms with Crippen molar-refractivity contribution in [1.82, 2.24) is 14.5 Å². The van der Waals surface area contributed by atoms with Crippen molar-refractivity contribution in [3.63, 3.8) is 0 Å². The lowest BCUT2D eigenvalue weighted by Gasteiger charge is -2.06. The monoisotopic (exact) mass is 394 g/mol. The van der Waals surface area contributed by atoms with E-state index >= 15 is 0 Å². The van der Waals surface area contributed by atoms with Gasteiger partial charge in [-0.1, -0.05) is 50.2 Å². The summed E-state index contributed by atoms with van der Waals surface area (Å²) in [5, 5.41) is 0. The highest BCUT2D eigenvalue weighted by molar-refractivity contribution is 5.78. The number of fused-ring (bicyclic) bond motifs is 1. The zero-order chi connectivity index (χ0) is 21.1. The number of halogens is 1. The highest BCUT2D eigenvalue weighted by atomic mass is 19.1. The lowest BCUT2D eigenvalue weighted by Crippen LogP contribution is -2.07. The SMILES string of the molecule is CC.COCc1ccccc1.NCc1nc2ccc(F)cc2n1-c1ccccn1. The van der Waals surface area contributed by atoms with Gasteiger partial charge < -0.3 is 10.5 Å². The van der Waals surface area contributed by atoms with Gasteiger partial charge in [0.15, 0.2) is 0 Å². The topological polar surface area (TPSA) is 66.0 Å². The Balaban J connectivity index is 0.000000231. The fourth-order valence-electron chi connectivity index (χ4n) is 2.72. The second kappa shape index (κ2) is 11.7. The third kappa shape index (κ3) is 5.94. The van der Waals surface area contributed by atoms with Crippen LogP contribution in [0, 0.1) is 5.82 Å². The van der Waals surface area contributed by atoms with Crippen LogP contribution >= 0.6 is 0 Å². The van der Waals surface area contributed by atoms with E-state index in [2.05, 4.69) is 9.97 Å². The Hall–Kier alpha value is -3.09. The van der Waals surface area contributed by atoms with E-state index in [1.165, 1.54) is 17.7 Å². The van der Waals surface area contributed by atoms with E-state index in [9.17, 15) is 4.39 Å². The summed E-state index contributed by atoms with van der Waals surface area (Å²) in [6, 6.07) is 20.1. The predicted molar refractivity (Wildman–Crippen MR) is 115 cm³/mol. The number of hydrogen-bond acceptors (Lipinski definition) is 4. The number of pyridine rings is 1. The smallest absolute Gasteiger partial charge is 0.138 e. The number of aromatic nitrogens is 3. The quantitative estimate of drug-likeness (QED) is 0.536. The van der Waals surface area contributed by atoms with Crippen LogP contribution in [0.5, 0.6) is 0 Å². The maximum Gasteiger partial charge on any atom is 0.138 e. The van der Waals surface area contributed by atoms with Gasteiger partial charge in [0.05, 0.1) is 24.2 Å². The molecule has 29 heavy (non-hydrogen) atoms. The highest BCUT2D eigenvalue weighted by Gasteiger charge is 2.12. The van der Waals surface area contributed by atoms with Crippen LogP contribution in [-0.2, 0) is 17.9 Å². The first-order valence-corrected chi connectivity index (χ1v) is 9.54. The maximum atomic E-state index is 13.4.